The SMILES string of the molecule is Cc1ccc(-c2ncc3ccccc3n2)nc1C1=C(F)CCC(Cl)=C1. The summed E-state index contributed by atoms with van der Waals surface area (Å²) in [5.74, 6) is 0.337. The van der Waals surface area contributed by atoms with Crippen molar-refractivity contribution in [3.05, 3.63) is 70.8 Å². The number of hydrogen-bond donors (Lipinski definition) is 0. The van der Waals surface area contributed by atoms with Crippen LogP contribution in [0, 0.1) is 6.92 Å². The molecule has 0 saturated heterocycles. The van der Waals surface area contributed by atoms with Crippen LogP contribution < -0.4 is 0 Å². The Kier molecular flexibility index (Phi) is 4.06. The van der Waals surface area contributed by atoms with Crippen LogP contribution in [0.5, 0.6) is 0 Å². The summed E-state index contributed by atoms with van der Waals surface area (Å²) in [5.41, 5.74) is 3.39. The van der Waals surface area contributed by atoms with Crippen molar-refractivity contribution in [3.63, 3.8) is 0 Å². The van der Waals surface area contributed by atoms with Crippen molar-refractivity contribution in [1.82, 2.24) is 15.0 Å². The molecular formula is C20H15ClFN3. The van der Waals surface area contributed by atoms with E-state index in [2.05, 4.69) is 15.0 Å². The predicted octanol–water partition coefficient (Wildman–Crippen LogP) is 5.60. The molecule has 5 heteroatoms. The van der Waals surface area contributed by atoms with Gasteiger partial charge in [-0.1, -0.05) is 35.9 Å². The summed E-state index contributed by atoms with van der Waals surface area (Å²) in [5, 5.41) is 1.61. The Morgan fingerprint density at radius 2 is 1.88 bits per heavy atom. The van der Waals surface area contributed by atoms with Crippen LogP contribution in [-0.2, 0) is 0 Å². The summed E-state index contributed by atoms with van der Waals surface area (Å²) in [6, 6.07) is 11.5. The minimum absolute atomic E-state index is 0.184. The van der Waals surface area contributed by atoms with Gasteiger partial charge in [-0.15, -0.1) is 0 Å². The van der Waals surface area contributed by atoms with E-state index in [1.54, 1.807) is 12.3 Å². The molecule has 0 fully saturated rings. The predicted molar refractivity (Wildman–Crippen MR) is 98.7 cm³/mol. The Bertz CT molecular complexity index is 1040. The third kappa shape index (κ3) is 3.05. The van der Waals surface area contributed by atoms with Crippen LogP contribution >= 0.6 is 11.6 Å². The van der Waals surface area contributed by atoms with E-state index in [9.17, 15) is 4.39 Å². The quantitative estimate of drug-likeness (QED) is 0.603. The van der Waals surface area contributed by atoms with Crippen molar-refractivity contribution in [2.24, 2.45) is 0 Å². The molecule has 2 aromatic heterocycles. The van der Waals surface area contributed by atoms with Crippen molar-refractivity contribution < 1.29 is 4.39 Å². The highest BCUT2D eigenvalue weighted by Crippen LogP contribution is 2.34. The van der Waals surface area contributed by atoms with Gasteiger partial charge in [0.1, 0.15) is 11.5 Å². The first kappa shape index (κ1) is 15.9. The molecule has 0 bridgehead atoms. The summed E-state index contributed by atoms with van der Waals surface area (Å²) in [6.45, 7) is 1.91. The van der Waals surface area contributed by atoms with Gasteiger partial charge in [-0.05, 0) is 37.1 Å². The van der Waals surface area contributed by atoms with Crippen molar-refractivity contribution in [2.75, 3.05) is 0 Å². The summed E-state index contributed by atoms with van der Waals surface area (Å²) >= 11 is 6.11. The molecule has 0 N–H and O–H groups in total. The number of halogens is 2. The molecule has 0 spiro atoms. The van der Waals surface area contributed by atoms with Gasteiger partial charge in [-0.3, -0.25) is 0 Å². The number of nitrogens with zero attached hydrogens (tertiary/aromatic N) is 3. The van der Waals surface area contributed by atoms with E-state index in [4.69, 9.17) is 11.6 Å². The smallest absolute Gasteiger partial charge is 0.178 e. The van der Waals surface area contributed by atoms with E-state index < -0.39 is 0 Å². The molecule has 0 saturated carbocycles. The zero-order chi connectivity index (χ0) is 17.4. The molecule has 0 unspecified atom stereocenters. The van der Waals surface area contributed by atoms with Crippen molar-refractivity contribution in [3.8, 4) is 11.5 Å². The third-order valence-corrected chi connectivity index (χ3v) is 4.54. The van der Waals surface area contributed by atoms with Crippen LogP contribution in [-0.4, -0.2) is 15.0 Å². The maximum atomic E-state index is 14.3. The lowest BCUT2D eigenvalue weighted by molar-refractivity contribution is 0.590. The average Bonchev–Trinajstić information content (AvgIpc) is 2.64. The number of pyridine rings is 1. The van der Waals surface area contributed by atoms with Crippen LogP contribution in [0.4, 0.5) is 4.39 Å². The lowest BCUT2D eigenvalue weighted by Gasteiger charge is -2.14. The van der Waals surface area contributed by atoms with E-state index in [0.717, 1.165) is 16.5 Å². The van der Waals surface area contributed by atoms with E-state index >= 15 is 0 Å². The van der Waals surface area contributed by atoms with Gasteiger partial charge in [-0.2, -0.15) is 0 Å². The van der Waals surface area contributed by atoms with Crippen LogP contribution in [0.15, 0.2) is 59.5 Å². The van der Waals surface area contributed by atoms with E-state index in [1.165, 1.54) is 0 Å². The number of rotatable bonds is 2. The Morgan fingerprint density at radius 3 is 2.76 bits per heavy atom. The molecule has 1 aromatic carbocycles. The van der Waals surface area contributed by atoms with E-state index in [1.807, 2.05) is 43.3 Å². The monoisotopic (exact) mass is 351 g/mol. The van der Waals surface area contributed by atoms with Crippen LogP contribution in [0.3, 0.4) is 0 Å². The van der Waals surface area contributed by atoms with Gasteiger partial charge in [0.15, 0.2) is 5.82 Å². The van der Waals surface area contributed by atoms with Gasteiger partial charge in [0.25, 0.3) is 0 Å². The van der Waals surface area contributed by atoms with Crippen molar-refractivity contribution >= 4 is 28.1 Å². The number of hydrogen-bond acceptors (Lipinski definition) is 3. The average molecular weight is 352 g/mol. The second-order valence-electron chi connectivity index (χ2n) is 6.02. The molecule has 0 atom stereocenters. The van der Waals surface area contributed by atoms with E-state index in [-0.39, 0.29) is 5.83 Å². The van der Waals surface area contributed by atoms with E-state index in [0.29, 0.717) is 40.7 Å². The van der Waals surface area contributed by atoms with Crippen LogP contribution in [0.2, 0.25) is 0 Å². The first-order valence-corrected chi connectivity index (χ1v) is 8.44. The zero-order valence-corrected chi connectivity index (χ0v) is 14.4. The molecular weight excluding hydrogens is 337 g/mol. The fourth-order valence-electron chi connectivity index (χ4n) is 2.89. The zero-order valence-electron chi connectivity index (χ0n) is 13.6. The Morgan fingerprint density at radius 1 is 1.04 bits per heavy atom. The Hall–Kier alpha value is -2.59. The van der Waals surface area contributed by atoms with Crippen LogP contribution in [0.1, 0.15) is 24.1 Å². The maximum absolute atomic E-state index is 14.3. The van der Waals surface area contributed by atoms with Gasteiger partial charge in [0.2, 0.25) is 0 Å². The highest BCUT2D eigenvalue weighted by atomic mass is 35.5. The first-order valence-electron chi connectivity index (χ1n) is 8.07. The molecule has 3 aromatic rings. The van der Waals surface area contributed by atoms with Gasteiger partial charge in [0.05, 0.1) is 11.2 Å². The van der Waals surface area contributed by atoms with Gasteiger partial charge < -0.3 is 0 Å². The lowest BCUT2D eigenvalue weighted by Crippen LogP contribution is -2.01. The second-order valence-corrected chi connectivity index (χ2v) is 6.51. The molecule has 124 valence electrons. The molecule has 3 nitrogen and oxygen atoms in total. The molecule has 2 heterocycles. The highest BCUT2D eigenvalue weighted by molar-refractivity contribution is 6.30. The molecule has 1 aliphatic rings. The third-order valence-electron chi connectivity index (χ3n) is 4.25. The molecule has 0 radical (unpaired) electrons. The molecule has 1 aliphatic carbocycles. The Labute approximate surface area is 149 Å². The van der Waals surface area contributed by atoms with Gasteiger partial charge in [0, 0.05) is 28.6 Å². The summed E-state index contributed by atoms with van der Waals surface area (Å²) in [4.78, 5) is 13.6. The minimum atomic E-state index is -0.184. The number of aryl methyl sites for hydroxylation is 1. The second kappa shape index (κ2) is 6.37. The number of fused-ring (bicyclic) bond motifs is 1. The highest BCUT2D eigenvalue weighted by Gasteiger charge is 2.18. The largest absolute Gasteiger partial charge is 0.244 e. The summed E-state index contributed by atoms with van der Waals surface area (Å²) in [7, 11) is 0. The van der Waals surface area contributed by atoms with Crippen LogP contribution in [0.25, 0.3) is 28.0 Å². The lowest BCUT2D eigenvalue weighted by atomic mass is 9.99. The first-order chi connectivity index (χ1) is 12.1. The topological polar surface area (TPSA) is 38.7 Å². The molecule has 4 rings (SSSR count). The molecule has 25 heavy (non-hydrogen) atoms. The molecule has 0 amide bonds. The fraction of sp³-hybridized carbons (Fsp3) is 0.150. The number of para-hydroxylation sites is 1. The van der Waals surface area contributed by atoms with Crippen molar-refractivity contribution in [2.45, 2.75) is 19.8 Å². The molecule has 0 aliphatic heterocycles. The normalized spacial score (nSPS) is 14.8. The number of benzene rings is 1. The van der Waals surface area contributed by atoms with Crippen molar-refractivity contribution in [1.29, 1.82) is 0 Å². The minimum Gasteiger partial charge on any atom is -0.244 e. The van der Waals surface area contributed by atoms with Gasteiger partial charge in [-0.25, -0.2) is 19.3 Å². The summed E-state index contributed by atoms with van der Waals surface area (Å²) < 4.78 is 14.3. The Balaban J connectivity index is 1.84. The fourth-order valence-corrected chi connectivity index (χ4v) is 3.09. The number of allylic oxidation sites excluding steroid dienone is 4. The number of aromatic nitrogens is 3. The maximum Gasteiger partial charge on any atom is 0.178 e. The standard InChI is InChI=1S/C20H15ClFN3/c1-12-6-9-18(20-23-11-13-4-2-3-5-17(13)25-20)24-19(12)15-10-14(21)7-8-16(15)22/h2-6,9-11H,7-8H2,1H3. The van der Waals surface area contributed by atoms with Gasteiger partial charge >= 0.3 is 0 Å². The summed E-state index contributed by atoms with van der Waals surface area (Å²) in [6.07, 6.45) is 4.28.